The molecule has 0 rings (SSSR count). The van der Waals surface area contributed by atoms with Crippen molar-refractivity contribution in [2.75, 3.05) is 0 Å². The smallest absolute Gasteiger partial charge is 0.00844 e. The highest BCUT2D eigenvalue weighted by Gasteiger charge is 2.17. The molecule has 0 aromatic heterocycles. The molecule has 0 aliphatic carbocycles. The van der Waals surface area contributed by atoms with Gasteiger partial charge in [0, 0.05) is 0 Å². The Balaban J connectivity index is 0. The van der Waals surface area contributed by atoms with Gasteiger partial charge >= 0.3 is 0 Å². The number of hydrogen-bond acceptors (Lipinski definition) is 0. The highest BCUT2D eigenvalue weighted by atomic mass is 14.2. The van der Waals surface area contributed by atoms with Crippen LogP contribution >= 0.6 is 0 Å². The average molecular weight is 196 g/mol. The van der Waals surface area contributed by atoms with Crippen molar-refractivity contribution in [3.63, 3.8) is 0 Å². The molecule has 1 atom stereocenters. The predicted octanol–water partition coefficient (Wildman–Crippen LogP) is 5.07. The average Bonchev–Trinajstić information content (AvgIpc) is 2.17. The Kier molecular flexibility index (Phi) is 8.93. The molecule has 0 amide bonds. The first-order valence-corrected chi connectivity index (χ1v) is 5.72. The molecule has 0 spiro atoms. The summed E-state index contributed by atoms with van der Waals surface area (Å²) in [5.41, 5.74) is 0.303. The minimum absolute atomic E-state index is 0.303. The van der Waals surface area contributed by atoms with E-state index in [2.05, 4.69) is 53.3 Å². The molecule has 0 saturated carbocycles. The zero-order valence-corrected chi connectivity index (χ0v) is 11.1. The lowest BCUT2D eigenvalue weighted by molar-refractivity contribution is 0.332. The number of hydrogen-bond donors (Lipinski definition) is 0. The Bertz CT molecular complexity index is 161. The van der Waals surface area contributed by atoms with Crippen molar-refractivity contribution >= 4 is 0 Å². The Morgan fingerprint density at radius 2 is 1.50 bits per heavy atom. The van der Waals surface area contributed by atoms with E-state index in [0.29, 0.717) is 17.3 Å². The fraction of sp³-hybridized carbons (Fsp3) is 0.714. The van der Waals surface area contributed by atoms with Crippen molar-refractivity contribution in [3.05, 3.63) is 24.8 Å². The van der Waals surface area contributed by atoms with Gasteiger partial charge in [-0.25, -0.2) is 0 Å². The highest BCUT2D eigenvalue weighted by molar-refractivity contribution is 5.02. The maximum atomic E-state index is 3.75. The molecule has 0 saturated heterocycles. The Morgan fingerprint density at radius 1 is 1.07 bits per heavy atom. The van der Waals surface area contributed by atoms with Crippen LogP contribution in [-0.4, -0.2) is 0 Å². The highest BCUT2D eigenvalue weighted by Crippen LogP contribution is 2.27. The van der Waals surface area contributed by atoms with E-state index in [1.165, 1.54) is 0 Å². The molecule has 0 fully saturated rings. The molecule has 0 nitrogen and oxygen atoms in total. The maximum Gasteiger partial charge on any atom is -0.00844 e. The molecule has 84 valence electrons. The van der Waals surface area contributed by atoms with E-state index in [4.69, 9.17) is 0 Å². The Hall–Kier alpha value is -0.520. The summed E-state index contributed by atoms with van der Waals surface area (Å²) in [7, 11) is 0. The van der Waals surface area contributed by atoms with Crippen LogP contribution < -0.4 is 0 Å². The molecule has 0 aliphatic rings. The molecule has 1 unspecified atom stereocenters. The second-order valence-electron chi connectivity index (χ2n) is 4.43. The quantitative estimate of drug-likeness (QED) is 0.550. The molecular formula is C14H28. The largest absolute Gasteiger partial charge is 0.102 e. The van der Waals surface area contributed by atoms with Crippen LogP contribution in [0.1, 0.15) is 48.5 Å². The molecular weight excluding hydrogens is 168 g/mol. The molecule has 0 heterocycles. The van der Waals surface area contributed by atoms with Crippen LogP contribution in [0, 0.1) is 17.3 Å². The molecule has 0 aromatic rings. The monoisotopic (exact) mass is 196 g/mol. The van der Waals surface area contributed by atoms with Gasteiger partial charge in [-0.05, 0) is 17.3 Å². The molecule has 0 N–H and O–H groups in total. The van der Waals surface area contributed by atoms with E-state index >= 15 is 0 Å². The van der Waals surface area contributed by atoms with E-state index in [1.807, 2.05) is 19.9 Å². The summed E-state index contributed by atoms with van der Waals surface area (Å²) < 4.78 is 0. The normalized spacial score (nSPS) is 13.7. The van der Waals surface area contributed by atoms with Crippen LogP contribution in [0.25, 0.3) is 0 Å². The zero-order chi connectivity index (χ0) is 11.8. The second-order valence-corrected chi connectivity index (χ2v) is 4.43. The van der Waals surface area contributed by atoms with Crippen LogP contribution in [0.15, 0.2) is 24.8 Å². The topological polar surface area (TPSA) is 0 Å². The van der Waals surface area contributed by atoms with E-state index in [9.17, 15) is 0 Å². The Labute approximate surface area is 91.1 Å². The van der Waals surface area contributed by atoms with Crippen molar-refractivity contribution in [3.8, 4) is 0 Å². The van der Waals surface area contributed by atoms with Crippen LogP contribution in [0.5, 0.6) is 0 Å². The van der Waals surface area contributed by atoms with Crippen molar-refractivity contribution in [1.29, 1.82) is 0 Å². The van der Waals surface area contributed by atoms with E-state index in [0.717, 1.165) is 0 Å². The number of allylic oxidation sites excluding steroid dienone is 3. The molecule has 0 aromatic carbocycles. The van der Waals surface area contributed by atoms with Crippen LogP contribution in [-0.2, 0) is 0 Å². The van der Waals surface area contributed by atoms with E-state index in [-0.39, 0.29) is 0 Å². The summed E-state index contributed by atoms with van der Waals surface area (Å²) in [4.78, 5) is 0. The third-order valence-corrected chi connectivity index (χ3v) is 2.69. The van der Waals surface area contributed by atoms with Crippen molar-refractivity contribution in [2.24, 2.45) is 17.3 Å². The van der Waals surface area contributed by atoms with Gasteiger partial charge in [-0.3, -0.25) is 0 Å². The second kappa shape index (κ2) is 7.84. The lowest BCUT2D eigenvalue weighted by Gasteiger charge is -2.25. The first-order valence-electron chi connectivity index (χ1n) is 5.72. The minimum atomic E-state index is 0.303. The van der Waals surface area contributed by atoms with Crippen molar-refractivity contribution in [2.45, 2.75) is 48.5 Å². The van der Waals surface area contributed by atoms with Gasteiger partial charge in [0.2, 0.25) is 0 Å². The van der Waals surface area contributed by atoms with Gasteiger partial charge in [0.1, 0.15) is 0 Å². The standard InChI is InChI=1S/C12H22.C2H6/c1-7-11(4)8-9-12(5,6)10(2)3;1-2/h7-11H,1H2,2-6H3;1-2H3/b9-8-;. The fourth-order valence-electron chi connectivity index (χ4n) is 0.671. The summed E-state index contributed by atoms with van der Waals surface area (Å²) in [6.07, 6.45) is 6.49. The summed E-state index contributed by atoms with van der Waals surface area (Å²) in [5, 5.41) is 0. The van der Waals surface area contributed by atoms with E-state index < -0.39 is 0 Å². The summed E-state index contributed by atoms with van der Waals surface area (Å²) >= 11 is 0. The minimum Gasteiger partial charge on any atom is -0.102 e. The zero-order valence-electron chi connectivity index (χ0n) is 11.1. The first kappa shape index (κ1) is 15.9. The molecule has 0 heteroatoms. The van der Waals surface area contributed by atoms with Crippen LogP contribution in [0.2, 0.25) is 0 Å². The summed E-state index contributed by atoms with van der Waals surface area (Å²) in [6, 6.07) is 0. The van der Waals surface area contributed by atoms with Gasteiger partial charge in [0.25, 0.3) is 0 Å². The van der Waals surface area contributed by atoms with Crippen LogP contribution in [0.3, 0.4) is 0 Å². The maximum absolute atomic E-state index is 3.75. The van der Waals surface area contributed by atoms with Gasteiger partial charge in [0.05, 0.1) is 0 Å². The third-order valence-electron chi connectivity index (χ3n) is 2.69. The SMILES string of the molecule is C=CC(C)/C=C\C(C)(C)C(C)C.CC. The lowest BCUT2D eigenvalue weighted by Crippen LogP contribution is -2.15. The molecule has 0 aliphatic heterocycles. The number of rotatable bonds is 4. The van der Waals surface area contributed by atoms with Gasteiger partial charge in [-0.15, -0.1) is 6.58 Å². The van der Waals surface area contributed by atoms with Gasteiger partial charge in [-0.2, -0.15) is 0 Å². The molecule has 14 heavy (non-hydrogen) atoms. The Morgan fingerprint density at radius 3 is 1.79 bits per heavy atom. The van der Waals surface area contributed by atoms with Gasteiger partial charge in [-0.1, -0.05) is 66.7 Å². The van der Waals surface area contributed by atoms with Crippen LogP contribution in [0.4, 0.5) is 0 Å². The predicted molar refractivity (Wildman–Crippen MR) is 68.5 cm³/mol. The fourth-order valence-corrected chi connectivity index (χ4v) is 0.671. The summed E-state index contributed by atoms with van der Waals surface area (Å²) in [5.74, 6) is 1.17. The van der Waals surface area contributed by atoms with Crippen molar-refractivity contribution in [1.82, 2.24) is 0 Å². The molecule has 0 bridgehead atoms. The lowest BCUT2D eigenvalue weighted by atomic mass is 9.80. The third kappa shape index (κ3) is 6.94. The van der Waals surface area contributed by atoms with Crippen molar-refractivity contribution < 1.29 is 0 Å². The van der Waals surface area contributed by atoms with E-state index in [1.54, 1.807) is 0 Å². The molecule has 0 radical (unpaired) electrons. The summed E-state index contributed by atoms with van der Waals surface area (Å²) in [6.45, 7) is 18.9. The first-order chi connectivity index (χ1) is 6.40. The van der Waals surface area contributed by atoms with Gasteiger partial charge < -0.3 is 0 Å². The van der Waals surface area contributed by atoms with Gasteiger partial charge in [0.15, 0.2) is 0 Å².